The van der Waals surface area contributed by atoms with E-state index in [9.17, 15) is 0 Å². The van der Waals surface area contributed by atoms with Gasteiger partial charge in [-0.25, -0.2) is 14.3 Å². The van der Waals surface area contributed by atoms with Crippen molar-refractivity contribution < 1.29 is 0 Å². The lowest BCUT2D eigenvalue weighted by atomic mass is 10.1. The zero-order valence-corrected chi connectivity index (χ0v) is 18.2. The second-order valence-corrected chi connectivity index (χ2v) is 7.59. The first-order valence-corrected chi connectivity index (χ1v) is 10.4. The summed E-state index contributed by atoms with van der Waals surface area (Å²) in [4.78, 5) is 6.24. The van der Waals surface area contributed by atoms with Crippen molar-refractivity contribution in [1.29, 1.82) is 0 Å². The van der Waals surface area contributed by atoms with E-state index in [1.165, 1.54) is 11.9 Å². The Labute approximate surface area is 181 Å². The molecule has 7 nitrogen and oxygen atoms in total. The predicted octanol–water partition coefficient (Wildman–Crippen LogP) is 4.33. The Kier molecular flexibility index (Phi) is 5.87. The summed E-state index contributed by atoms with van der Waals surface area (Å²) in [5.74, 6) is 0.904. The zero-order valence-electron chi connectivity index (χ0n) is 17.4. The molecule has 154 valence electrons. The summed E-state index contributed by atoms with van der Waals surface area (Å²) in [6.07, 6.45) is 3.23. The lowest BCUT2D eigenvalue weighted by molar-refractivity contribution is 0.194. The summed E-state index contributed by atoms with van der Waals surface area (Å²) in [5, 5.41) is 9.00. The van der Waals surface area contributed by atoms with E-state index in [2.05, 4.69) is 76.8 Å². The van der Waals surface area contributed by atoms with Crippen molar-refractivity contribution >= 4 is 12.2 Å². The van der Waals surface area contributed by atoms with Gasteiger partial charge in [-0.15, -0.1) is 0 Å². The Balaban J connectivity index is 1.54. The van der Waals surface area contributed by atoms with E-state index in [0.717, 1.165) is 28.4 Å². The van der Waals surface area contributed by atoms with Crippen LogP contribution in [0.15, 0.2) is 67.3 Å². The van der Waals surface area contributed by atoms with Gasteiger partial charge in [0.15, 0.2) is 10.6 Å². The highest BCUT2D eigenvalue weighted by Gasteiger charge is 2.16. The Hall–Kier alpha value is -3.10. The smallest absolute Gasteiger partial charge is 0.199 e. The third kappa shape index (κ3) is 3.96. The van der Waals surface area contributed by atoms with E-state index >= 15 is 0 Å². The molecule has 0 N–H and O–H groups in total. The van der Waals surface area contributed by atoms with Crippen molar-refractivity contribution in [3.8, 4) is 17.1 Å². The summed E-state index contributed by atoms with van der Waals surface area (Å²) in [5.41, 5.74) is 3.28. The number of hydrogen-bond acceptors (Lipinski definition) is 5. The van der Waals surface area contributed by atoms with Crippen molar-refractivity contribution in [2.75, 3.05) is 7.05 Å². The van der Waals surface area contributed by atoms with Crippen molar-refractivity contribution in [2.24, 2.45) is 0 Å². The summed E-state index contributed by atoms with van der Waals surface area (Å²) >= 11 is 5.72. The molecule has 0 radical (unpaired) electrons. The molecular formula is C22H25N7S. The molecular weight excluding hydrogens is 394 g/mol. The summed E-state index contributed by atoms with van der Waals surface area (Å²) < 4.78 is 6.47. The van der Waals surface area contributed by atoms with Gasteiger partial charge in [-0.2, -0.15) is 10.2 Å². The third-order valence-corrected chi connectivity index (χ3v) is 5.78. The van der Waals surface area contributed by atoms with Gasteiger partial charge < -0.3 is 4.57 Å². The molecule has 1 atom stereocenters. The van der Waals surface area contributed by atoms with Gasteiger partial charge in [0.25, 0.3) is 0 Å². The highest BCUT2D eigenvalue weighted by molar-refractivity contribution is 7.71. The maximum Gasteiger partial charge on any atom is 0.199 e. The van der Waals surface area contributed by atoms with E-state index in [1.807, 2.05) is 22.9 Å². The number of nitrogens with zero attached hydrogens (tertiary/aromatic N) is 7. The van der Waals surface area contributed by atoms with Crippen LogP contribution in [0.2, 0.25) is 0 Å². The van der Waals surface area contributed by atoms with Gasteiger partial charge in [0, 0.05) is 18.2 Å². The second kappa shape index (κ2) is 8.73. The van der Waals surface area contributed by atoms with Crippen LogP contribution >= 0.6 is 12.2 Å². The molecule has 2 aromatic carbocycles. The Morgan fingerprint density at radius 1 is 1.07 bits per heavy atom. The standard InChI is InChI=1S/C22H25N7S/c1-4-27-21(19-8-6-5-7-9-19)25-29(22(27)30)16-26(3)17(2)18-10-12-20(13-11-18)28-15-23-14-24-28/h5-15,17H,4,16H2,1-3H3/t17-/m1/s1. The topological polar surface area (TPSA) is 56.7 Å². The second-order valence-electron chi connectivity index (χ2n) is 7.22. The third-order valence-electron chi connectivity index (χ3n) is 5.35. The van der Waals surface area contributed by atoms with Crippen LogP contribution in [0.4, 0.5) is 0 Å². The number of aromatic nitrogens is 6. The summed E-state index contributed by atoms with van der Waals surface area (Å²) in [6.45, 7) is 5.67. The SMILES string of the molecule is CCn1c(-c2ccccc2)nn(CN(C)[C@H](C)c2ccc(-n3cncn3)cc2)c1=S. The highest BCUT2D eigenvalue weighted by Crippen LogP contribution is 2.22. The highest BCUT2D eigenvalue weighted by atomic mass is 32.1. The first kappa shape index (κ1) is 20.2. The van der Waals surface area contributed by atoms with E-state index in [4.69, 9.17) is 17.3 Å². The minimum atomic E-state index is 0.198. The van der Waals surface area contributed by atoms with Gasteiger partial charge in [0.1, 0.15) is 12.7 Å². The van der Waals surface area contributed by atoms with Crippen molar-refractivity contribution in [3.63, 3.8) is 0 Å². The van der Waals surface area contributed by atoms with Crippen LogP contribution in [0.25, 0.3) is 17.1 Å². The Morgan fingerprint density at radius 2 is 1.80 bits per heavy atom. The Bertz CT molecular complexity index is 1140. The zero-order chi connectivity index (χ0) is 21.1. The lowest BCUT2D eigenvalue weighted by Gasteiger charge is -2.25. The summed E-state index contributed by atoms with van der Waals surface area (Å²) in [6, 6.07) is 18.7. The normalized spacial score (nSPS) is 12.4. The minimum absolute atomic E-state index is 0.198. The number of hydrogen-bond donors (Lipinski definition) is 0. The maximum absolute atomic E-state index is 5.72. The molecule has 0 unspecified atom stereocenters. The van der Waals surface area contributed by atoms with E-state index < -0.39 is 0 Å². The van der Waals surface area contributed by atoms with E-state index in [1.54, 1.807) is 11.0 Å². The van der Waals surface area contributed by atoms with Crippen LogP contribution in [0.3, 0.4) is 0 Å². The molecule has 0 aliphatic heterocycles. The quantitative estimate of drug-likeness (QED) is 0.417. The molecule has 30 heavy (non-hydrogen) atoms. The van der Waals surface area contributed by atoms with Crippen LogP contribution in [0.5, 0.6) is 0 Å². The van der Waals surface area contributed by atoms with E-state index in [-0.39, 0.29) is 6.04 Å². The van der Waals surface area contributed by atoms with Gasteiger partial charge in [-0.1, -0.05) is 42.5 Å². The number of rotatable bonds is 7. The fourth-order valence-electron chi connectivity index (χ4n) is 3.45. The molecule has 2 aromatic heterocycles. The average molecular weight is 420 g/mol. The number of benzene rings is 2. The molecule has 8 heteroatoms. The molecule has 0 aliphatic carbocycles. The monoisotopic (exact) mass is 419 g/mol. The van der Waals surface area contributed by atoms with Crippen molar-refractivity contribution in [2.45, 2.75) is 33.1 Å². The molecule has 2 heterocycles. The molecule has 0 spiro atoms. The van der Waals surface area contributed by atoms with Gasteiger partial charge in [-0.05, 0) is 50.8 Å². The molecule has 0 amide bonds. The summed E-state index contributed by atoms with van der Waals surface area (Å²) in [7, 11) is 2.09. The van der Waals surface area contributed by atoms with Crippen LogP contribution in [0.1, 0.15) is 25.5 Å². The van der Waals surface area contributed by atoms with Gasteiger partial charge in [-0.3, -0.25) is 4.90 Å². The molecule has 0 saturated heterocycles. The molecule has 4 aromatic rings. The first-order valence-electron chi connectivity index (χ1n) is 9.96. The van der Waals surface area contributed by atoms with Crippen molar-refractivity contribution in [1.82, 2.24) is 34.0 Å². The molecule has 0 bridgehead atoms. The lowest BCUT2D eigenvalue weighted by Crippen LogP contribution is -2.26. The molecule has 0 aliphatic rings. The fraction of sp³-hybridized carbons (Fsp3) is 0.273. The average Bonchev–Trinajstić information content (AvgIpc) is 3.42. The van der Waals surface area contributed by atoms with E-state index in [0.29, 0.717) is 6.67 Å². The maximum atomic E-state index is 5.72. The van der Waals surface area contributed by atoms with Crippen LogP contribution in [-0.4, -0.2) is 41.1 Å². The molecule has 4 rings (SSSR count). The minimum Gasteiger partial charge on any atom is -0.300 e. The van der Waals surface area contributed by atoms with Crippen molar-refractivity contribution in [3.05, 3.63) is 77.6 Å². The first-order chi connectivity index (χ1) is 14.6. The van der Waals surface area contributed by atoms with Crippen LogP contribution in [-0.2, 0) is 13.2 Å². The van der Waals surface area contributed by atoms with Crippen LogP contribution < -0.4 is 0 Å². The predicted molar refractivity (Wildman–Crippen MR) is 120 cm³/mol. The van der Waals surface area contributed by atoms with Gasteiger partial charge >= 0.3 is 0 Å². The molecule has 0 saturated carbocycles. The fourth-order valence-corrected chi connectivity index (χ4v) is 3.77. The Morgan fingerprint density at radius 3 is 2.43 bits per heavy atom. The largest absolute Gasteiger partial charge is 0.300 e. The van der Waals surface area contributed by atoms with Gasteiger partial charge in [0.05, 0.1) is 12.4 Å². The van der Waals surface area contributed by atoms with Gasteiger partial charge in [0.2, 0.25) is 0 Å². The van der Waals surface area contributed by atoms with Crippen LogP contribution in [0, 0.1) is 4.77 Å². The molecule has 0 fully saturated rings.